The van der Waals surface area contributed by atoms with E-state index >= 15 is 0 Å². The molecule has 1 aliphatic carbocycles. The lowest BCUT2D eigenvalue weighted by Gasteiger charge is -2.22. The summed E-state index contributed by atoms with van der Waals surface area (Å²) in [7, 11) is 0. The highest BCUT2D eigenvalue weighted by molar-refractivity contribution is 5.86. The van der Waals surface area contributed by atoms with Crippen molar-refractivity contribution >= 4 is 22.5 Å². The molecule has 0 N–H and O–H groups in total. The van der Waals surface area contributed by atoms with Gasteiger partial charge in [0.2, 0.25) is 11.8 Å². The largest absolute Gasteiger partial charge is 0.434 e. The van der Waals surface area contributed by atoms with E-state index in [1.165, 1.54) is 33.4 Å². The van der Waals surface area contributed by atoms with Crippen molar-refractivity contribution in [3.63, 3.8) is 0 Å². The molecule has 0 atom stereocenters. The molecule has 9 rings (SSSR count). The van der Waals surface area contributed by atoms with E-state index in [1.54, 1.807) is 12.4 Å². The van der Waals surface area contributed by atoms with Crippen LogP contribution in [0.5, 0.6) is 0 Å². The second kappa shape index (κ2) is 9.56. The first-order chi connectivity index (χ1) is 22.0. The highest BCUT2D eigenvalue weighted by atomic mass is 16.4. The third-order valence-electron chi connectivity index (χ3n) is 8.94. The minimum atomic E-state index is -0.146. The predicted molar refractivity (Wildman–Crippen MR) is 176 cm³/mol. The Balaban J connectivity index is 1.01. The Labute approximate surface area is 259 Å². The average Bonchev–Trinajstić information content (AvgIpc) is 3.78. The van der Waals surface area contributed by atoms with Gasteiger partial charge in [-0.1, -0.05) is 62.4 Å². The van der Waals surface area contributed by atoms with Crippen LogP contribution in [0.2, 0.25) is 0 Å². The normalized spacial score (nSPS) is 13.3. The fraction of sp³-hybridized carbons (Fsp3) is 0.0769. The third kappa shape index (κ3) is 4.10. The van der Waals surface area contributed by atoms with Crippen molar-refractivity contribution in [1.82, 2.24) is 19.9 Å². The molecule has 8 aromatic rings. The lowest BCUT2D eigenvalue weighted by Crippen LogP contribution is -2.15. The van der Waals surface area contributed by atoms with Crippen molar-refractivity contribution in [3.8, 4) is 56.3 Å². The first kappa shape index (κ1) is 25.6. The Morgan fingerprint density at radius 2 is 0.867 bits per heavy atom. The Bertz CT molecular complexity index is 2170. The van der Waals surface area contributed by atoms with E-state index < -0.39 is 0 Å². The third-order valence-corrected chi connectivity index (χ3v) is 8.94. The van der Waals surface area contributed by atoms with E-state index in [1.807, 2.05) is 24.3 Å². The van der Waals surface area contributed by atoms with Gasteiger partial charge in [0.15, 0.2) is 22.5 Å². The van der Waals surface area contributed by atoms with Gasteiger partial charge in [-0.2, -0.15) is 9.97 Å². The molecule has 0 aliphatic heterocycles. The van der Waals surface area contributed by atoms with Crippen molar-refractivity contribution in [2.45, 2.75) is 19.3 Å². The van der Waals surface area contributed by atoms with Crippen LogP contribution in [-0.2, 0) is 5.41 Å². The highest BCUT2D eigenvalue weighted by Crippen LogP contribution is 2.50. The number of aromatic nitrogens is 4. The molecule has 0 saturated heterocycles. The predicted octanol–water partition coefficient (Wildman–Crippen LogP) is 9.73. The van der Waals surface area contributed by atoms with Crippen LogP contribution in [0.3, 0.4) is 0 Å². The summed E-state index contributed by atoms with van der Waals surface area (Å²) in [6, 6.07) is 37.9. The summed E-state index contributed by atoms with van der Waals surface area (Å²) >= 11 is 0. The molecule has 6 nitrogen and oxygen atoms in total. The molecule has 4 heterocycles. The van der Waals surface area contributed by atoms with Gasteiger partial charge < -0.3 is 8.83 Å². The summed E-state index contributed by atoms with van der Waals surface area (Å²) in [5, 5.41) is 0. The monoisotopic (exact) mass is 582 g/mol. The van der Waals surface area contributed by atoms with Crippen molar-refractivity contribution in [3.05, 3.63) is 133 Å². The lowest BCUT2D eigenvalue weighted by atomic mass is 9.81. The fourth-order valence-electron chi connectivity index (χ4n) is 6.49. The van der Waals surface area contributed by atoms with Gasteiger partial charge >= 0.3 is 0 Å². The topological polar surface area (TPSA) is 77.8 Å². The maximum atomic E-state index is 5.92. The standard InChI is InChI=1S/C39H26N4O2/c1-39(2)31-21-27(23-7-11-25(12-8-23)37-42-35-33(44-37)5-3-19-40-35)15-17-29(31)30-18-16-28(22-32(30)39)24-9-13-26(14-10-24)38-43-36-34(45-38)6-4-20-41-36/h3-22H,1-2H3. The number of hydrogen-bond donors (Lipinski definition) is 0. The minimum absolute atomic E-state index is 0.146. The average molecular weight is 583 g/mol. The van der Waals surface area contributed by atoms with Crippen molar-refractivity contribution < 1.29 is 8.83 Å². The maximum Gasteiger partial charge on any atom is 0.228 e. The van der Waals surface area contributed by atoms with E-state index in [0.717, 1.165) is 22.3 Å². The van der Waals surface area contributed by atoms with E-state index in [4.69, 9.17) is 8.83 Å². The zero-order chi connectivity index (χ0) is 30.1. The molecule has 214 valence electrons. The molecular weight excluding hydrogens is 556 g/mol. The fourth-order valence-corrected chi connectivity index (χ4v) is 6.49. The molecule has 1 aliphatic rings. The van der Waals surface area contributed by atoms with Crippen LogP contribution in [0.15, 0.2) is 130 Å². The van der Waals surface area contributed by atoms with Gasteiger partial charge in [-0.3, -0.25) is 0 Å². The van der Waals surface area contributed by atoms with Crippen LogP contribution in [-0.4, -0.2) is 19.9 Å². The van der Waals surface area contributed by atoms with Gasteiger partial charge in [-0.15, -0.1) is 0 Å². The first-order valence-electron chi connectivity index (χ1n) is 15.0. The summed E-state index contributed by atoms with van der Waals surface area (Å²) in [6.07, 6.45) is 3.45. The van der Waals surface area contributed by atoms with Crippen LogP contribution in [0, 0.1) is 0 Å². The van der Waals surface area contributed by atoms with Gasteiger partial charge in [-0.25, -0.2) is 9.97 Å². The van der Waals surface area contributed by atoms with Gasteiger partial charge in [0.25, 0.3) is 0 Å². The summed E-state index contributed by atoms with van der Waals surface area (Å²) in [5.41, 5.74) is 14.3. The summed E-state index contributed by atoms with van der Waals surface area (Å²) in [6.45, 7) is 4.64. The lowest BCUT2D eigenvalue weighted by molar-refractivity contribution is 0.619. The Morgan fingerprint density at radius 1 is 0.467 bits per heavy atom. The molecule has 0 fully saturated rings. The molecule has 0 spiro atoms. The van der Waals surface area contributed by atoms with E-state index in [2.05, 4.69) is 119 Å². The van der Waals surface area contributed by atoms with Gasteiger partial charge in [0.05, 0.1) is 0 Å². The van der Waals surface area contributed by atoms with E-state index in [-0.39, 0.29) is 5.41 Å². The Morgan fingerprint density at radius 3 is 1.29 bits per heavy atom. The number of hydrogen-bond acceptors (Lipinski definition) is 6. The van der Waals surface area contributed by atoms with Crippen LogP contribution in [0.25, 0.3) is 78.7 Å². The zero-order valence-electron chi connectivity index (χ0n) is 24.7. The van der Waals surface area contributed by atoms with E-state index in [9.17, 15) is 0 Å². The van der Waals surface area contributed by atoms with Crippen LogP contribution in [0.1, 0.15) is 25.0 Å². The number of nitrogens with zero attached hydrogens (tertiary/aromatic N) is 4. The summed E-state index contributed by atoms with van der Waals surface area (Å²) in [4.78, 5) is 17.7. The van der Waals surface area contributed by atoms with Crippen molar-refractivity contribution in [2.24, 2.45) is 0 Å². The second-order valence-corrected chi connectivity index (χ2v) is 12.0. The first-order valence-corrected chi connectivity index (χ1v) is 15.0. The number of benzene rings is 4. The van der Waals surface area contributed by atoms with Crippen LogP contribution >= 0.6 is 0 Å². The van der Waals surface area contributed by atoms with Gasteiger partial charge in [0.1, 0.15) is 0 Å². The Hall–Kier alpha value is -5.88. The SMILES string of the molecule is CC1(C)c2cc(-c3ccc(-c4nc5ncccc5o4)cc3)ccc2-c2ccc(-c3ccc(-c4nc5ncccc5o4)cc3)cc21. The molecule has 0 bridgehead atoms. The molecule has 6 heteroatoms. The van der Waals surface area contributed by atoms with E-state index in [0.29, 0.717) is 34.2 Å². The second-order valence-electron chi connectivity index (χ2n) is 12.0. The van der Waals surface area contributed by atoms with Crippen molar-refractivity contribution in [2.75, 3.05) is 0 Å². The van der Waals surface area contributed by atoms with Crippen LogP contribution < -0.4 is 0 Å². The summed E-state index contributed by atoms with van der Waals surface area (Å²) < 4.78 is 11.8. The Kier molecular flexibility index (Phi) is 5.44. The highest BCUT2D eigenvalue weighted by Gasteiger charge is 2.35. The van der Waals surface area contributed by atoms with Gasteiger partial charge in [0, 0.05) is 28.9 Å². The zero-order valence-corrected chi connectivity index (χ0v) is 24.7. The van der Waals surface area contributed by atoms with Crippen molar-refractivity contribution in [1.29, 1.82) is 0 Å². The molecule has 4 aromatic carbocycles. The molecule has 0 saturated carbocycles. The van der Waals surface area contributed by atoms with Gasteiger partial charge in [-0.05, 0) is 105 Å². The quantitative estimate of drug-likeness (QED) is 0.206. The number of rotatable bonds is 4. The summed E-state index contributed by atoms with van der Waals surface area (Å²) in [5.74, 6) is 1.16. The molecular formula is C39H26N4O2. The van der Waals surface area contributed by atoms with Crippen LogP contribution in [0.4, 0.5) is 0 Å². The molecule has 0 amide bonds. The molecule has 0 unspecified atom stereocenters. The molecule has 0 radical (unpaired) electrons. The number of oxazole rings is 2. The number of pyridine rings is 2. The minimum Gasteiger partial charge on any atom is -0.434 e. The smallest absolute Gasteiger partial charge is 0.228 e. The maximum absolute atomic E-state index is 5.92. The number of fused-ring (bicyclic) bond motifs is 5. The molecule has 45 heavy (non-hydrogen) atoms. The molecule has 4 aromatic heterocycles.